The van der Waals surface area contributed by atoms with Crippen molar-refractivity contribution in [2.75, 3.05) is 0 Å². The molecule has 3 aliphatic carbocycles. The van der Waals surface area contributed by atoms with Gasteiger partial charge in [0.2, 0.25) is 0 Å². The first-order chi connectivity index (χ1) is 35.1. The second kappa shape index (κ2) is 30.7. The molecule has 2 saturated carbocycles. The Hall–Kier alpha value is -3.78. The van der Waals surface area contributed by atoms with Crippen molar-refractivity contribution < 1.29 is 54.9 Å². The number of thioether (sulfide) groups is 2. The lowest BCUT2D eigenvalue weighted by Gasteiger charge is -2.39. The summed E-state index contributed by atoms with van der Waals surface area (Å²) in [7, 11) is 0. The Morgan fingerprint density at radius 3 is 1.56 bits per heavy atom. The van der Waals surface area contributed by atoms with E-state index in [-0.39, 0.29) is 57.6 Å². The summed E-state index contributed by atoms with van der Waals surface area (Å²) < 4.78 is 110. The highest BCUT2D eigenvalue weighted by molar-refractivity contribution is 8.00. The molecule has 0 amide bonds. The van der Waals surface area contributed by atoms with E-state index in [4.69, 9.17) is 0 Å². The minimum absolute atomic E-state index is 0.00572. The van der Waals surface area contributed by atoms with Crippen LogP contribution < -0.4 is 0 Å². The van der Waals surface area contributed by atoms with Crippen molar-refractivity contribution in [3.8, 4) is 11.1 Å². The summed E-state index contributed by atoms with van der Waals surface area (Å²) in [4.78, 5) is 23.8. The first-order valence-corrected chi connectivity index (χ1v) is 28.7. The SMILES string of the molecule is CCCCCCCCCC1CCC(c2c(C(=O)O)cccc2-c2ccc(SC(F)F)c(F)c2F)CC1.CCCCCCCCCCC1CCC(c2c(C(=O)O)cccc2C2(SC(F)F)C=CC=C(F)C2F)CC1. The van der Waals surface area contributed by atoms with Gasteiger partial charge in [0.25, 0.3) is 11.5 Å². The van der Waals surface area contributed by atoms with E-state index in [1.165, 1.54) is 151 Å². The minimum atomic E-state index is -2.96. The second-order valence-corrected chi connectivity index (χ2v) is 22.6. The van der Waals surface area contributed by atoms with E-state index in [1.54, 1.807) is 6.07 Å². The number of alkyl halides is 5. The van der Waals surface area contributed by atoms with Gasteiger partial charge in [0.1, 0.15) is 10.6 Å². The van der Waals surface area contributed by atoms with Gasteiger partial charge in [-0.1, -0.05) is 189 Å². The van der Waals surface area contributed by atoms with Crippen LogP contribution in [0.2, 0.25) is 0 Å². The van der Waals surface area contributed by atoms with Crippen molar-refractivity contribution in [2.45, 2.75) is 214 Å². The predicted molar refractivity (Wildman–Crippen MR) is 282 cm³/mol. The van der Waals surface area contributed by atoms with Gasteiger partial charge in [-0.15, -0.1) is 0 Å². The van der Waals surface area contributed by atoms with Crippen LogP contribution in [0.1, 0.15) is 224 Å². The molecule has 14 heteroatoms. The van der Waals surface area contributed by atoms with Gasteiger partial charge in [0.05, 0.1) is 16.0 Å². The summed E-state index contributed by atoms with van der Waals surface area (Å²) in [5.41, 5.74) is 1.38. The van der Waals surface area contributed by atoms with Gasteiger partial charge in [-0.3, -0.25) is 0 Å². The molecular weight excluding hydrogens is 989 g/mol. The van der Waals surface area contributed by atoms with Crippen molar-refractivity contribution in [1.29, 1.82) is 0 Å². The lowest BCUT2D eigenvalue weighted by Crippen LogP contribution is -2.37. The van der Waals surface area contributed by atoms with Gasteiger partial charge < -0.3 is 10.2 Å². The van der Waals surface area contributed by atoms with Gasteiger partial charge in [-0.05, 0) is 122 Å². The fraction of sp³-hybridized carbons (Fsp3) is 0.593. The highest BCUT2D eigenvalue weighted by Crippen LogP contribution is 2.54. The zero-order valence-electron chi connectivity index (χ0n) is 42.6. The first kappa shape index (κ1) is 60.1. The van der Waals surface area contributed by atoms with Gasteiger partial charge in [0.15, 0.2) is 17.8 Å². The van der Waals surface area contributed by atoms with Crippen LogP contribution in [-0.4, -0.2) is 39.8 Å². The monoisotopic (exact) mass is 1060 g/mol. The third kappa shape index (κ3) is 17.1. The molecule has 3 aliphatic rings. The van der Waals surface area contributed by atoms with Crippen molar-refractivity contribution in [1.82, 2.24) is 0 Å². The van der Waals surface area contributed by atoms with Crippen LogP contribution in [0.25, 0.3) is 11.1 Å². The lowest BCUT2D eigenvalue weighted by atomic mass is 9.72. The maximum absolute atomic E-state index is 15.4. The smallest absolute Gasteiger partial charge is 0.335 e. The molecule has 3 aromatic rings. The molecule has 73 heavy (non-hydrogen) atoms. The van der Waals surface area contributed by atoms with E-state index in [2.05, 4.69) is 13.8 Å². The van der Waals surface area contributed by atoms with Crippen molar-refractivity contribution in [3.05, 3.63) is 112 Å². The summed E-state index contributed by atoms with van der Waals surface area (Å²) in [6.45, 7) is 4.44. The Bertz CT molecular complexity index is 2250. The molecule has 3 aromatic carbocycles. The van der Waals surface area contributed by atoms with Crippen molar-refractivity contribution in [3.63, 3.8) is 0 Å². The number of unbranched alkanes of at least 4 members (excludes halogenated alkanes) is 13. The van der Waals surface area contributed by atoms with Crippen LogP contribution >= 0.6 is 23.5 Å². The minimum Gasteiger partial charge on any atom is -0.478 e. The highest BCUT2D eigenvalue weighted by Gasteiger charge is 2.48. The fourth-order valence-corrected chi connectivity index (χ4v) is 13.0. The molecule has 0 aromatic heterocycles. The molecule has 0 radical (unpaired) electrons. The summed E-state index contributed by atoms with van der Waals surface area (Å²) >= 11 is -0.00651. The van der Waals surface area contributed by atoms with Gasteiger partial charge >= 0.3 is 11.9 Å². The summed E-state index contributed by atoms with van der Waals surface area (Å²) in [6, 6.07) is 11.4. The molecular formula is C59H76F8O4S2. The predicted octanol–water partition coefficient (Wildman–Crippen LogP) is 20.2. The molecule has 0 bridgehead atoms. The van der Waals surface area contributed by atoms with Gasteiger partial charge in [-0.2, -0.15) is 17.6 Å². The average molecular weight is 1070 g/mol. The molecule has 2 N–H and O–H groups in total. The highest BCUT2D eigenvalue weighted by atomic mass is 32.2. The maximum Gasteiger partial charge on any atom is 0.335 e. The number of rotatable bonds is 27. The first-order valence-electron chi connectivity index (χ1n) is 26.9. The van der Waals surface area contributed by atoms with Crippen molar-refractivity contribution in [2.24, 2.45) is 11.8 Å². The number of aromatic carboxylic acids is 2. The average Bonchev–Trinajstić information content (AvgIpc) is 3.37. The number of allylic oxidation sites excluding steroid dienone is 3. The Kier molecular flexibility index (Phi) is 25.3. The Labute approximate surface area is 437 Å². The third-order valence-corrected chi connectivity index (χ3v) is 17.2. The molecule has 2 atom stereocenters. The zero-order valence-corrected chi connectivity index (χ0v) is 44.3. The number of benzene rings is 3. The normalized spacial score (nSPS) is 22.0. The summed E-state index contributed by atoms with van der Waals surface area (Å²) in [5.74, 6) is -10.9. The number of hydrogen-bond donors (Lipinski definition) is 2. The molecule has 0 saturated heterocycles. The molecule has 2 unspecified atom stereocenters. The number of halogens is 8. The third-order valence-electron chi connectivity index (χ3n) is 15.3. The van der Waals surface area contributed by atoms with Crippen LogP contribution in [0.5, 0.6) is 0 Å². The van der Waals surface area contributed by atoms with E-state index in [9.17, 15) is 46.1 Å². The standard InChI is InChI=1S/C30H40F4O2S.C29H36F4O2S/c1-2-3-4-5-6-7-8-9-12-21-16-18-22(19-17-21)26-23(28(35)36)13-10-14-24(26)30(37-29(33)34)20-11-15-25(31)27(30)32;1-2-3-4-5-6-7-8-10-19-13-15-20(16-14-19)25-21(11-9-12-23(25)28(34)35)22-17-18-24(36-29(32)33)27(31)26(22)30/h10-11,13-15,20-22,27,29H,2-9,12,16-19H2,1H3,(H,35,36);9,11-12,17-20,29H,2-8,10,13-16H2,1H3,(H,34,35). The number of carbonyl (C=O) groups is 2. The number of hydrogen-bond acceptors (Lipinski definition) is 4. The molecule has 4 nitrogen and oxygen atoms in total. The lowest BCUT2D eigenvalue weighted by molar-refractivity contribution is 0.0683. The van der Waals surface area contributed by atoms with E-state index < -0.39 is 56.7 Å². The Morgan fingerprint density at radius 1 is 0.589 bits per heavy atom. The van der Waals surface area contributed by atoms with E-state index in [0.29, 0.717) is 41.4 Å². The van der Waals surface area contributed by atoms with Crippen LogP contribution in [0.4, 0.5) is 35.1 Å². The molecule has 404 valence electrons. The fourth-order valence-electron chi connectivity index (χ4n) is 11.5. The topological polar surface area (TPSA) is 74.6 Å². The number of carboxylic acid groups (broad SMARTS) is 2. The van der Waals surface area contributed by atoms with Gasteiger partial charge in [0, 0.05) is 5.56 Å². The largest absolute Gasteiger partial charge is 0.478 e. The van der Waals surface area contributed by atoms with Crippen molar-refractivity contribution >= 4 is 35.5 Å². The molecule has 0 aliphatic heterocycles. The Morgan fingerprint density at radius 2 is 1.07 bits per heavy atom. The van der Waals surface area contributed by atoms with E-state index in [0.717, 1.165) is 57.1 Å². The molecule has 0 heterocycles. The number of carboxylic acids is 2. The summed E-state index contributed by atoms with van der Waals surface area (Å²) in [6.07, 6.45) is 29.4. The van der Waals surface area contributed by atoms with Gasteiger partial charge in [-0.25, -0.2) is 27.2 Å². The second-order valence-electron chi connectivity index (χ2n) is 20.3. The van der Waals surface area contributed by atoms with E-state index in [1.807, 2.05) is 0 Å². The molecule has 6 rings (SSSR count). The zero-order chi connectivity index (χ0) is 52.9. The molecule has 2 fully saturated rings. The summed E-state index contributed by atoms with van der Waals surface area (Å²) in [5, 5.41) is 19.8. The van der Waals surface area contributed by atoms with Crippen LogP contribution in [0.15, 0.2) is 77.5 Å². The Balaban J connectivity index is 0.000000271. The van der Waals surface area contributed by atoms with Crippen LogP contribution in [0.3, 0.4) is 0 Å². The van der Waals surface area contributed by atoms with Crippen LogP contribution in [-0.2, 0) is 4.75 Å². The quantitative estimate of drug-likeness (QED) is 0.0450. The molecule has 0 spiro atoms. The van der Waals surface area contributed by atoms with E-state index >= 15 is 8.78 Å². The van der Waals surface area contributed by atoms with Crippen LogP contribution in [0, 0.1) is 23.5 Å². The maximum atomic E-state index is 15.4.